The molecular formula is C28H22FN3O2S. The molecule has 0 fully saturated rings. The molecule has 0 saturated heterocycles. The first-order valence-corrected chi connectivity index (χ1v) is 11.8. The third-order valence-corrected chi connectivity index (χ3v) is 6.30. The Labute approximate surface area is 206 Å². The van der Waals surface area contributed by atoms with Gasteiger partial charge in [-0.1, -0.05) is 18.2 Å². The third-order valence-electron chi connectivity index (χ3n) is 5.49. The second-order valence-electron chi connectivity index (χ2n) is 7.69. The number of thiazole rings is 1. The summed E-state index contributed by atoms with van der Waals surface area (Å²) in [5.41, 5.74) is 5.30. The summed E-state index contributed by atoms with van der Waals surface area (Å²) in [5, 5.41) is 7.68. The Balaban J connectivity index is 1.52. The van der Waals surface area contributed by atoms with Gasteiger partial charge in [0.15, 0.2) is 11.5 Å². The number of para-hydroxylation sites is 1. The molecule has 0 atom stereocenters. The minimum atomic E-state index is -0.262. The van der Waals surface area contributed by atoms with Crippen molar-refractivity contribution in [3.8, 4) is 39.7 Å². The maximum absolute atomic E-state index is 13.3. The van der Waals surface area contributed by atoms with E-state index in [0.29, 0.717) is 11.5 Å². The highest BCUT2D eigenvalue weighted by atomic mass is 32.1. The molecule has 0 radical (unpaired) electrons. The van der Waals surface area contributed by atoms with Crippen molar-refractivity contribution in [2.75, 3.05) is 14.2 Å². The summed E-state index contributed by atoms with van der Waals surface area (Å²) in [5.74, 6) is 1.03. The van der Waals surface area contributed by atoms with Gasteiger partial charge in [0.2, 0.25) is 0 Å². The Morgan fingerprint density at radius 3 is 2.34 bits per heavy atom. The van der Waals surface area contributed by atoms with Crippen molar-refractivity contribution in [2.45, 2.75) is 0 Å². The number of benzene rings is 3. The van der Waals surface area contributed by atoms with Crippen LogP contribution in [0.5, 0.6) is 11.5 Å². The number of ether oxygens (including phenoxy) is 2. The number of halogens is 1. The molecule has 0 aliphatic heterocycles. The first kappa shape index (κ1) is 22.6. The minimum Gasteiger partial charge on any atom is -0.493 e. The molecule has 5 rings (SSSR count). The predicted molar refractivity (Wildman–Crippen MR) is 139 cm³/mol. The van der Waals surface area contributed by atoms with E-state index in [-0.39, 0.29) is 5.82 Å². The average molecular weight is 484 g/mol. The van der Waals surface area contributed by atoms with Gasteiger partial charge in [0.1, 0.15) is 16.5 Å². The molecule has 0 unspecified atom stereocenters. The molecule has 0 amide bonds. The highest BCUT2D eigenvalue weighted by Gasteiger charge is 2.14. The molecule has 3 aromatic carbocycles. The van der Waals surface area contributed by atoms with Crippen molar-refractivity contribution >= 4 is 23.5 Å². The maximum Gasteiger partial charge on any atom is 0.161 e. The number of methoxy groups -OCH3 is 2. The van der Waals surface area contributed by atoms with E-state index in [4.69, 9.17) is 14.6 Å². The number of hydrogen-bond donors (Lipinski definition) is 0. The zero-order valence-electron chi connectivity index (χ0n) is 19.2. The molecule has 0 aliphatic rings. The van der Waals surface area contributed by atoms with Gasteiger partial charge in [0.25, 0.3) is 0 Å². The summed E-state index contributed by atoms with van der Waals surface area (Å²) in [6.07, 6.45) is 5.96. The van der Waals surface area contributed by atoms with E-state index in [1.807, 2.05) is 76.9 Å². The summed E-state index contributed by atoms with van der Waals surface area (Å²) in [4.78, 5) is 4.69. The van der Waals surface area contributed by atoms with Gasteiger partial charge >= 0.3 is 0 Å². The summed E-state index contributed by atoms with van der Waals surface area (Å²) in [7, 11) is 3.23. The fourth-order valence-corrected chi connectivity index (χ4v) is 4.43. The van der Waals surface area contributed by atoms with Crippen molar-refractivity contribution in [2.24, 2.45) is 0 Å². The lowest BCUT2D eigenvalue weighted by Gasteiger charge is -2.09. The number of aromatic nitrogens is 3. The van der Waals surface area contributed by atoms with Crippen LogP contribution in [0.2, 0.25) is 0 Å². The Hall–Kier alpha value is -4.23. The molecule has 174 valence electrons. The quantitative estimate of drug-likeness (QED) is 0.250. The van der Waals surface area contributed by atoms with E-state index < -0.39 is 0 Å². The normalized spacial score (nSPS) is 11.2. The summed E-state index contributed by atoms with van der Waals surface area (Å²) >= 11 is 1.53. The molecule has 0 N–H and O–H groups in total. The zero-order chi connectivity index (χ0) is 24.2. The molecule has 0 saturated carbocycles. The summed E-state index contributed by atoms with van der Waals surface area (Å²) < 4.78 is 26.0. The van der Waals surface area contributed by atoms with Crippen LogP contribution < -0.4 is 9.47 Å². The summed E-state index contributed by atoms with van der Waals surface area (Å²) in [6, 6.07) is 22.1. The van der Waals surface area contributed by atoms with Gasteiger partial charge < -0.3 is 9.47 Å². The van der Waals surface area contributed by atoms with E-state index in [0.717, 1.165) is 38.8 Å². The van der Waals surface area contributed by atoms with Crippen LogP contribution in [0.3, 0.4) is 0 Å². The largest absolute Gasteiger partial charge is 0.493 e. The van der Waals surface area contributed by atoms with Crippen molar-refractivity contribution in [1.29, 1.82) is 0 Å². The first-order valence-electron chi connectivity index (χ1n) is 10.9. The highest BCUT2D eigenvalue weighted by Crippen LogP contribution is 2.34. The van der Waals surface area contributed by atoms with E-state index in [1.165, 1.54) is 23.5 Å². The Morgan fingerprint density at radius 1 is 0.857 bits per heavy atom. The molecule has 5 aromatic rings. The smallest absolute Gasteiger partial charge is 0.161 e. The molecule has 2 aromatic heterocycles. The topological polar surface area (TPSA) is 49.2 Å². The SMILES string of the molecule is COc1ccc(-c2nn(-c3ccccc3)cc2C=Cc2nc(-c3ccc(F)cc3)cs2)cc1OC. The number of nitrogens with zero attached hydrogens (tertiary/aromatic N) is 3. The fraction of sp³-hybridized carbons (Fsp3) is 0.0714. The molecule has 35 heavy (non-hydrogen) atoms. The maximum atomic E-state index is 13.3. The van der Waals surface area contributed by atoms with E-state index in [2.05, 4.69) is 4.98 Å². The molecule has 2 heterocycles. The van der Waals surface area contributed by atoms with E-state index in [1.54, 1.807) is 26.4 Å². The average Bonchev–Trinajstić information content (AvgIpc) is 3.55. The number of hydrogen-bond acceptors (Lipinski definition) is 5. The van der Waals surface area contributed by atoms with Crippen LogP contribution in [0.4, 0.5) is 4.39 Å². The van der Waals surface area contributed by atoms with Gasteiger partial charge in [-0.3, -0.25) is 0 Å². The Morgan fingerprint density at radius 2 is 1.60 bits per heavy atom. The van der Waals surface area contributed by atoms with Gasteiger partial charge in [-0.15, -0.1) is 11.3 Å². The van der Waals surface area contributed by atoms with Crippen LogP contribution in [-0.4, -0.2) is 29.0 Å². The van der Waals surface area contributed by atoms with Gasteiger partial charge in [-0.2, -0.15) is 5.10 Å². The zero-order valence-corrected chi connectivity index (χ0v) is 20.0. The molecule has 0 aliphatic carbocycles. The van der Waals surface area contributed by atoms with Crippen LogP contribution in [-0.2, 0) is 0 Å². The Bertz CT molecular complexity index is 1470. The van der Waals surface area contributed by atoms with Crippen LogP contribution in [0, 0.1) is 5.82 Å². The van der Waals surface area contributed by atoms with Crippen molar-refractivity contribution in [3.63, 3.8) is 0 Å². The Kier molecular flexibility index (Phi) is 6.41. The lowest BCUT2D eigenvalue weighted by molar-refractivity contribution is 0.355. The van der Waals surface area contributed by atoms with Gasteiger partial charge in [-0.05, 0) is 66.7 Å². The second kappa shape index (κ2) is 9.95. The monoisotopic (exact) mass is 483 g/mol. The summed E-state index contributed by atoms with van der Waals surface area (Å²) in [6.45, 7) is 0. The molecule has 0 bridgehead atoms. The standard InChI is InChI=1S/C28H22FN3O2S/c1-33-25-14-10-20(16-26(25)34-2)28-21(17-32(31-28)23-6-4-3-5-7-23)11-15-27-30-24(18-35-27)19-8-12-22(29)13-9-19/h3-18H,1-2H3. The lowest BCUT2D eigenvalue weighted by atomic mass is 10.1. The molecular weight excluding hydrogens is 461 g/mol. The van der Waals surface area contributed by atoms with Crippen LogP contribution in [0.1, 0.15) is 10.6 Å². The van der Waals surface area contributed by atoms with Gasteiger partial charge in [0, 0.05) is 28.3 Å². The third kappa shape index (κ3) is 4.85. The van der Waals surface area contributed by atoms with E-state index >= 15 is 0 Å². The molecule has 0 spiro atoms. The fourth-order valence-electron chi connectivity index (χ4n) is 3.71. The van der Waals surface area contributed by atoms with Gasteiger partial charge in [0.05, 0.1) is 25.6 Å². The van der Waals surface area contributed by atoms with E-state index in [9.17, 15) is 4.39 Å². The number of rotatable bonds is 7. The minimum absolute atomic E-state index is 0.262. The van der Waals surface area contributed by atoms with Crippen molar-refractivity contribution in [1.82, 2.24) is 14.8 Å². The molecule has 7 heteroatoms. The van der Waals surface area contributed by atoms with Crippen LogP contribution in [0.25, 0.3) is 40.4 Å². The van der Waals surface area contributed by atoms with Crippen molar-refractivity contribution < 1.29 is 13.9 Å². The van der Waals surface area contributed by atoms with Crippen molar-refractivity contribution in [3.05, 3.63) is 101 Å². The predicted octanol–water partition coefficient (Wildman–Crippen LogP) is 6.99. The highest BCUT2D eigenvalue weighted by molar-refractivity contribution is 7.10. The second-order valence-corrected chi connectivity index (χ2v) is 8.58. The molecule has 5 nitrogen and oxygen atoms in total. The lowest BCUT2D eigenvalue weighted by Crippen LogP contribution is -1.94. The van der Waals surface area contributed by atoms with Crippen LogP contribution >= 0.6 is 11.3 Å². The van der Waals surface area contributed by atoms with Crippen LogP contribution in [0.15, 0.2) is 84.4 Å². The van der Waals surface area contributed by atoms with Gasteiger partial charge in [-0.25, -0.2) is 14.1 Å². The first-order chi connectivity index (χ1) is 17.1.